The number of ether oxygens (including phenoxy) is 1. The number of carbonyl (C=O) groups excluding carboxylic acids is 1. The predicted molar refractivity (Wildman–Crippen MR) is 152 cm³/mol. The van der Waals surface area contributed by atoms with Crippen LogP contribution >= 0.6 is 0 Å². The Morgan fingerprint density at radius 3 is 2.56 bits per heavy atom. The monoisotopic (exact) mass is 532 g/mol. The molecular weight excluding hydrogens is 492 g/mol. The van der Waals surface area contributed by atoms with Crippen LogP contribution in [0.25, 0.3) is 22.8 Å². The highest BCUT2D eigenvalue weighted by Crippen LogP contribution is 2.38. The average Bonchev–Trinajstić information content (AvgIpc) is 3.72. The molecule has 1 atom stereocenters. The number of amides is 2. The molecule has 3 aromatic rings. The minimum Gasteiger partial charge on any atom is -0.490 e. The molecule has 1 fully saturated rings. The van der Waals surface area contributed by atoms with Crippen molar-refractivity contribution in [3.63, 3.8) is 0 Å². The highest BCUT2D eigenvalue weighted by atomic mass is 16.5. The van der Waals surface area contributed by atoms with Crippen molar-refractivity contribution in [2.75, 3.05) is 27.2 Å². The number of nitrogens with one attached hydrogen (secondary N) is 2. The molecular formula is C30H40N6O3. The molecule has 2 aliphatic rings. The molecule has 0 bridgehead atoms. The molecule has 1 unspecified atom stereocenters. The molecule has 1 saturated heterocycles. The maximum Gasteiger partial charge on any atom is 0.317 e. The van der Waals surface area contributed by atoms with Gasteiger partial charge in [0.25, 0.3) is 5.89 Å². The summed E-state index contributed by atoms with van der Waals surface area (Å²) in [5, 5.41) is 19.7. The van der Waals surface area contributed by atoms with Crippen LogP contribution in [-0.2, 0) is 6.42 Å². The van der Waals surface area contributed by atoms with Gasteiger partial charge in [0, 0.05) is 24.2 Å². The lowest BCUT2D eigenvalue weighted by Gasteiger charge is -2.20. The zero-order chi connectivity index (χ0) is 28.4. The molecule has 0 radical (unpaired) electrons. The van der Waals surface area contributed by atoms with Gasteiger partial charge in [0.15, 0.2) is 0 Å². The molecule has 5 rings (SSSR count). The van der Waals surface area contributed by atoms with E-state index in [2.05, 4.69) is 32.9 Å². The van der Waals surface area contributed by atoms with Crippen LogP contribution < -0.4 is 15.4 Å². The summed E-state index contributed by atoms with van der Waals surface area (Å²) >= 11 is 0. The van der Waals surface area contributed by atoms with Crippen LogP contribution in [0.5, 0.6) is 5.75 Å². The van der Waals surface area contributed by atoms with Gasteiger partial charge < -0.3 is 24.8 Å². The SMILES string of the molecule is CC.CC(C)Oc1ccc(-c2nc(-c3cccc4c3CCC4NC(=O)N3CCCC3)no2)cc1C#N.CNC. The Balaban J connectivity index is 0.000000787. The summed E-state index contributed by atoms with van der Waals surface area (Å²) in [6.45, 7) is 9.49. The van der Waals surface area contributed by atoms with Gasteiger partial charge in [-0.15, -0.1) is 0 Å². The topological polar surface area (TPSA) is 116 Å². The molecule has 2 heterocycles. The highest BCUT2D eigenvalue weighted by Gasteiger charge is 2.29. The van der Waals surface area contributed by atoms with Crippen LogP contribution in [0.1, 0.15) is 69.7 Å². The molecule has 1 aliphatic carbocycles. The number of hydrogen-bond acceptors (Lipinski definition) is 7. The molecule has 1 aromatic heterocycles. The Hall–Kier alpha value is -3.90. The predicted octanol–water partition coefficient (Wildman–Crippen LogP) is 5.72. The van der Waals surface area contributed by atoms with Gasteiger partial charge in [0.05, 0.1) is 17.7 Å². The Labute approximate surface area is 231 Å². The van der Waals surface area contributed by atoms with E-state index in [0.29, 0.717) is 28.6 Å². The van der Waals surface area contributed by atoms with E-state index in [-0.39, 0.29) is 18.2 Å². The maximum atomic E-state index is 12.6. The third-order valence-corrected chi connectivity index (χ3v) is 6.34. The third kappa shape index (κ3) is 7.15. The van der Waals surface area contributed by atoms with E-state index in [4.69, 9.17) is 9.26 Å². The molecule has 9 heteroatoms. The number of nitrogens with zero attached hydrogens (tertiary/aromatic N) is 4. The maximum absolute atomic E-state index is 12.6. The molecule has 208 valence electrons. The van der Waals surface area contributed by atoms with Crippen LogP contribution in [0.4, 0.5) is 4.79 Å². The molecule has 39 heavy (non-hydrogen) atoms. The van der Waals surface area contributed by atoms with Gasteiger partial charge in [-0.2, -0.15) is 10.2 Å². The van der Waals surface area contributed by atoms with E-state index in [1.807, 2.05) is 64.9 Å². The van der Waals surface area contributed by atoms with Gasteiger partial charge in [-0.05, 0) is 83.0 Å². The van der Waals surface area contributed by atoms with E-state index in [1.165, 1.54) is 0 Å². The lowest BCUT2D eigenvalue weighted by atomic mass is 10.0. The number of fused-ring (bicyclic) bond motifs is 1. The Morgan fingerprint density at radius 1 is 1.18 bits per heavy atom. The second-order valence-corrected chi connectivity index (χ2v) is 9.52. The van der Waals surface area contributed by atoms with E-state index in [0.717, 1.165) is 55.5 Å². The smallest absolute Gasteiger partial charge is 0.317 e. The largest absolute Gasteiger partial charge is 0.490 e. The van der Waals surface area contributed by atoms with Crippen molar-refractivity contribution in [2.24, 2.45) is 0 Å². The first-order valence-corrected chi connectivity index (χ1v) is 13.8. The van der Waals surface area contributed by atoms with E-state index >= 15 is 0 Å². The minimum absolute atomic E-state index is 0.0129. The number of carbonyl (C=O) groups is 1. The molecule has 2 aromatic carbocycles. The zero-order valence-corrected chi connectivity index (χ0v) is 23.9. The molecule has 0 saturated carbocycles. The average molecular weight is 533 g/mol. The number of hydrogen-bond donors (Lipinski definition) is 2. The van der Waals surface area contributed by atoms with Crippen molar-refractivity contribution in [2.45, 2.75) is 65.5 Å². The molecule has 1 aliphatic heterocycles. The van der Waals surface area contributed by atoms with Gasteiger partial charge >= 0.3 is 6.03 Å². The van der Waals surface area contributed by atoms with Crippen molar-refractivity contribution >= 4 is 6.03 Å². The molecule has 2 N–H and O–H groups in total. The van der Waals surface area contributed by atoms with Crippen molar-refractivity contribution in [1.82, 2.24) is 25.7 Å². The minimum atomic E-state index is -0.0305. The summed E-state index contributed by atoms with van der Waals surface area (Å²) in [5.41, 5.74) is 4.24. The van der Waals surface area contributed by atoms with Gasteiger partial charge in [0.2, 0.25) is 5.82 Å². The summed E-state index contributed by atoms with van der Waals surface area (Å²) in [6, 6.07) is 13.5. The Kier molecular flexibility index (Phi) is 10.9. The first kappa shape index (κ1) is 29.7. The van der Waals surface area contributed by atoms with Crippen LogP contribution in [0, 0.1) is 11.3 Å². The van der Waals surface area contributed by atoms with Crippen molar-refractivity contribution in [3.05, 3.63) is 53.1 Å². The summed E-state index contributed by atoms with van der Waals surface area (Å²) in [4.78, 5) is 19.1. The second kappa shape index (κ2) is 14.3. The lowest BCUT2D eigenvalue weighted by Crippen LogP contribution is -2.39. The first-order valence-electron chi connectivity index (χ1n) is 13.8. The normalized spacial score (nSPS) is 15.4. The standard InChI is InChI=1S/C26H27N5O3.C2H7N.C2H6/c1-16(2)33-23-11-8-17(14-18(23)15-27)25-29-24(30-34-25)21-7-5-6-20-19(21)9-10-22(20)28-26(32)31-12-3-4-13-31;1-3-2;1-2/h5-8,11,14,16,22H,3-4,9-10,12-13H2,1-2H3,(H,28,32);3H,1-2H3;1-2H3. The summed E-state index contributed by atoms with van der Waals surface area (Å²) in [6.07, 6.45) is 3.79. The summed E-state index contributed by atoms with van der Waals surface area (Å²) in [7, 11) is 3.75. The van der Waals surface area contributed by atoms with Crippen molar-refractivity contribution in [1.29, 1.82) is 5.26 Å². The van der Waals surface area contributed by atoms with Crippen LogP contribution in [0.2, 0.25) is 0 Å². The third-order valence-electron chi connectivity index (χ3n) is 6.34. The molecule has 9 nitrogen and oxygen atoms in total. The summed E-state index contributed by atoms with van der Waals surface area (Å²) < 4.78 is 11.3. The van der Waals surface area contributed by atoms with Crippen molar-refractivity contribution < 1.29 is 14.1 Å². The van der Waals surface area contributed by atoms with Gasteiger partial charge in [-0.1, -0.05) is 37.2 Å². The van der Waals surface area contributed by atoms with Gasteiger partial charge in [-0.25, -0.2) is 4.79 Å². The zero-order valence-electron chi connectivity index (χ0n) is 23.9. The summed E-state index contributed by atoms with van der Waals surface area (Å²) in [5.74, 6) is 1.38. The number of likely N-dealkylation sites (tertiary alicyclic amines) is 1. The van der Waals surface area contributed by atoms with Gasteiger partial charge in [-0.3, -0.25) is 0 Å². The fourth-order valence-corrected chi connectivity index (χ4v) is 4.73. The molecule has 2 amide bonds. The van der Waals surface area contributed by atoms with Gasteiger partial charge in [0.1, 0.15) is 11.8 Å². The Bertz CT molecular complexity index is 1270. The fourth-order valence-electron chi connectivity index (χ4n) is 4.73. The number of aromatic nitrogens is 2. The van der Waals surface area contributed by atoms with Crippen LogP contribution in [0.15, 0.2) is 40.9 Å². The van der Waals surface area contributed by atoms with Crippen LogP contribution in [0.3, 0.4) is 0 Å². The Morgan fingerprint density at radius 2 is 1.90 bits per heavy atom. The lowest BCUT2D eigenvalue weighted by molar-refractivity contribution is 0.204. The highest BCUT2D eigenvalue weighted by molar-refractivity contribution is 5.76. The van der Waals surface area contributed by atoms with E-state index < -0.39 is 0 Å². The fraction of sp³-hybridized carbons (Fsp3) is 0.467. The van der Waals surface area contributed by atoms with Crippen molar-refractivity contribution in [3.8, 4) is 34.7 Å². The number of nitriles is 1. The second-order valence-electron chi connectivity index (χ2n) is 9.52. The first-order chi connectivity index (χ1) is 18.9. The van der Waals surface area contributed by atoms with E-state index in [9.17, 15) is 10.1 Å². The number of urea groups is 1. The van der Waals surface area contributed by atoms with Crippen LogP contribution in [-0.4, -0.2) is 54.4 Å². The van der Waals surface area contributed by atoms with E-state index in [1.54, 1.807) is 12.1 Å². The number of rotatable bonds is 5. The molecule has 0 spiro atoms. The quantitative estimate of drug-likeness (QED) is 0.432. The number of benzene rings is 2.